The van der Waals surface area contributed by atoms with Crippen LogP contribution in [-0.4, -0.2) is 61.3 Å². The summed E-state index contributed by atoms with van der Waals surface area (Å²) in [4.78, 5) is 40.8. The second-order valence-corrected chi connectivity index (χ2v) is 12.3. The molecule has 2 fully saturated rings. The maximum Gasteiger partial charge on any atom is 0.305 e. The summed E-state index contributed by atoms with van der Waals surface area (Å²) < 4.78 is 30.6. The average Bonchev–Trinajstić information content (AvgIpc) is 3.63. The Hall–Kier alpha value is -2.83. The van der Waals surface area contributed by atoms with E-state index < -0.39 is 27.6 Å². The predicted molar refractivity (Wildman–Crippen MR) is 133 cm³/mol. The molecule has 10 nitrogen and oxygen atoms in total. The molecule has 2 amide bonds. The van der Waals surface area contributed by atoms with Gasteiger partial charge in [-0.05, 0) is 55.7 Å². The van der Waals surface area contributed by atoms with Gasteiger partial charge in [0.05, 0.1) is 28.7 Å². The highest BCUT2D eigenvalue weighted by Crippen LogP contribution is 2.35. The van der Waals surface area contributed by atoms with Crippen molar-refractivity contribution >= 4 is 44.1 Å². The van der Waals surface area contributed by atoms with Crippen molar-refractivity contribution in [3.63, 3.8) is 0 Å². The molecule has 0 spiro atoms. The molecule has 1 atom stereocenters. The number of carboxylic acids is 1. The number of anilines is 1. The van der Waals surface area contributed by atoms with Gasteiger partial charge in [0.25, 0.3) is 5.91 Å². The molecular formula is C24H29N3O7S2. The van der Waals surface area contributed by atoms with Gasteiger partial charge in [-0.25, -0.2) is 13.4 Å². The van der Waals surface area contributed by atoms with Crippen molar-refractivity contribution in [2.45, 2.75) is 54.6 Å². The first-order valence-electron chi connectivity index (χ1n) is 11.9. The molecule has 1 aliphatic heterocycles. The van der Waals surface area contributed by atoms with Crippen LogP contribution in [0, 0.1) is 5.92 Å². The first-order valence-corrected chi connectivity index (χ1v) is 14.3. The van der Waals surface area contributed by atoms with Crippen LogP contribution in [0.25, 0.3) is 0 Å². The molecule has 1 aromatic heterocycles. The molecule has 2 aliphatic rings. The smallest absolute Gasteiger partial charge is 0.305 e. The molecule has 1 unspecified atom stereocenters. The zero-order valence-corrected chi connectivity index (χ0v) is 21.3. The predicted octanol–water partition coefficient (Wildman–Crippen LogP) is 2.82. The first-order chi connectivity index (χ1) is 17.2. The van der Waals surface area contributed by atoms with E-state index >= 15 is 0 Å². The summed E-state index contributed by atoms with van der Waals surface area (Å²) in [6.07, 6.45) is 4.78. The Bertz CT molecular complexity index is 1200. The maximum absolute atomic E-state index is 13.4. The number of hydrogen-bond donors (Lipinski definition) is 3. The summed E-state index contributed by atoms with van der Waals surface area (Å²) >= 11 is 1.00. The summed E-state index contributed by atoms with van der Waals surface area (Å²) in [5.41, 5.74) is 0.719. The van der Waals surface area contributed by atoms with Crippen LogP contribution in [0.5, 0.6) is 0 Å². The Balaban J connectivity index is 1.47. The van der Waals surface area contributed by atoms with Gasteiger partial charge < -0.3 is 20.5 Å². The van der Waals surface area contributed by atoms with Crippen LogP contribution in [0.3, 0.4) is 0 Å². The lowest BCUT2D eigenvalue weighted by Crippen LogP contribution is -2.26. The van der Waals surface area contributed by atoms with Gasteiger partial charge in [0.1, 0.15) is 4.88 Å². The van der Waals surface area contributed by atoms with Crippen LogP contribution in [0.1, 0.15) is 59.7 Å². The molecule has 1 saturated heterocycles. The SMILES string of the molecule is O=C(O)CCNC(=O)c1cnc(NC(=O)C(CC2CCOCC2)c2ccc(S(=O)(=O)C3CC3)cc2)s1. The number of carboxylic acid groups (broad SMARTS) is 1. The van der Waals surface area contributed by atoms with Crippen molar-refractivity contribution in [1.29, 1.82) is 0 Å². The number of aliphatic carboxylic acids is 1. The van der Waals surface area contributed by atoms with E-state index in [1.54, 1.807) is 24.3 Å². The van der Waals surface area contributed by atoms with E-state index in [4.69, 9.17) is 9.84 Å². The van der Waals surface area contributed by atoms with Gasteiger partial charge in [0.2, 0.25) is 5.91 Å². The molecule has 1 aliphatic carbocycles. The highest BCUT2D eigenvalue weighted by molar-refractivity contribution is 7.92. The number of ether oxygens (including phenoxy) is 1. The second-order valence-electron chi connectivity index (χ2n) is 9.08. The molecule has 4 rings (SSSR count). The molecule has 2 heterocycles. The third kappa shape index (κ3) is 6.68. The number of rotatable bonds is 11. The number of amides is 2. The summed E-state index contributed by atoms with van der Waals surface area (Å²) in [5, 5.41) is 14.0. The molecule has 1 saturated carbocycles. The highest BCUT2D eigenvalue weighted by Gasteiger charge is 2.37. The lowest BCUT2D eigenvalue weighted by atomic mass is 9.84. The fourth-order valence-corrected chi connectivity index (χ4v) is 6.56. The number of sulfone groups is 1. The summed E-state index contributed by atoms with van der Waals surface area (Å²) in [7, 11) is -3.32. The minimum atomic E-state index is -3.32. The van der Waals surface area contributed by atoms with Gasteiger partial charge in [-0.1, -0.05) is 23.5 Å². The fraction of sp³-hybridized carbons (Fsp3) is 0.500. The van der Waals surface area contributed by atoms with Crippen molar-refractivity contribution in [2.24, 2.45) is 5.92 Å². The zero-order valence-electron chi connectivity index (χ0n) is 19.6. The average molecular weight is 536 g/mol. The minimum absolute atomic E-state index is 0.00655. The molecule has 1 aromatic carbocycles. The van der Waals surface area contributed by atoms with Crippen LogP contribution < -0.4 is 10.6 Å². The van der Waals surface area contributed by atoms with Crippen molar-refractivity contribution in [3.8, 4) is 0 Å². The van der Waals surface area contributed by atoms with E-state index in [0.29, 0.717) is 32.5 Å². The Kier molecular flexibility index (Phi) is 8.37. The summed E-state index contributed by atoms with van der Waals surface area (Å²) in [6.45, 7) is 1.28. The number of carbonyl (C=O) groups is 3. The fourth-order valence-electron chi connectivity index (χ4n) is 4.17. The monoisotopic (exact) mass is 535 g/mol. The molecule has 3 N–H and O–H groups in total. The zero-order chi connectivity index (χ0) is 25.7. The van der Waals surface area contributed by atoms with E-state index in [1.807, 2.05) is 0 Å². The van der Waals surface area contributed by atoms with E-state index in [-0.39, 0.29) is 44.9 Å². The Labute approximate surface area is 213 Å². The van der Waals surface area contributed by atoms with Gasteiger partial charge >= 0.3 is 5.97 Å². The van der Waals surface area contributed by atoms with Crippen LogP contribution in [-0.2, 0) is 24.2 Å². The molecular weight excluding hydrogens is 506 g/mol. The van der Waals surface area contributed by atoms with E-state index in [2.05, 4.69) is 15.6 Å². The third-order valence-corrected chi connectivity index (χ3v) is 9.57. The van der Waals surface area contributed by atoms with Gasteiger partial charge in [0, 0.05) is 19.8 Å². The molecule has 194 valence electrons. The number of nitrogens with one attached hydrogen (secondary N) is 2. The Morgan fingerprint density at radius 1 is 1.11 bits per heavy atom. The van der Waals surface area contributed by atoms with Gasteiger partial charge in [0.15, 0.2) is 15.0 Å². The number of aromatic nitrogens is 1. The van der Waals surface area contributed by atoms with E-state index in [0.717, 1.165) is 29.7 Å². The third-order valence-electron chi connectivity index (χ3n) is 6.38. The second kappa shape index (κ2) is 11.5. The Morgan fingerprint density at radius 3 is 2.44 bits per heavy atom. The molecule has 0 bridgehead atoms. The van der Waals surface area contributed by atoms with Crippen LogP contribution in [0.2, 0.25) is 0 Å². The lowest BCUT2D eigenvalue weighted by Gasteiger charge is -2.26. The van der Waals surface area contributed by atoms with Gasteiger partial charge in [-0.15, -0.1) is 0 Å². The summed E-state index contributed by atoms with van der Waals surface area (Å²) in [5.74, 6) is -1.99. The molecule has 0 radical (unpaired) electrons. The van der Waals surface area contributed by atoms with Crippen LogP contribution in [0.15, 0.2) is 35.4 Å². The number of thiazole rings is 1. The Morgan fingerprint density at radius 2 is 1.81 bits per heavy atom. The normalized spacial score (nSPS) is 17.3. The minimum Gasteiger partial charge on any atom is -0.481 e. The van der Waals surface area contributed by atoms with Gasteiger partial charge in [-0.2, -0.15) is 0 Å². The van der Waals surface area contributed by atoms with Crippen LogP contribution in [0.4, 0.5) is 5.13 Å². The van der Waals surface area contributed by atoms with Crippen molar-refractivity contribution in [1.82, 2.24) is 10.3 Å². The quantitative estimate of drug-likeness (QED) is 0.397. The lowest BCUT2D eigenvalue weighted by molar-refractivity contribution is -0.136. The number of carbonyl (C=O) groups excluding carboxylic acids is 2. The molecule has 2 aromatic rings. The van der Waals surface area contributed by atoms with Crippen LogP contribution >= 0.6 is 11.3 Å². The topological polar surface area (TPSA) is 152 Å². The standard InChI is InChI=1S/C24H29N3O7S2/c28-21(29)7-10-25-23(31)20-14-26-24(35-20)27-22(30)19(13-15-8-11-34-12-9-15)16-1-3-17(4-2-16)36(32,33)18-5-6-18/h1-4,14-15,18-19H,5-13H2,(H,25,31)(H,28,29)(H,26,27,30). The maximum atomic E-state index is 13.4. The van der Waals surface area contributed by atoms with Crippen molar-refractivity contribution in [2.75, 3.05) is 25.1 Å². The number of nitrogens with zero attached hydrogens (tertiary/aromatic N) is 1. The van der Waals surface area contributed by atoms with Crippen molar-refractivity contribution in [3.05, 3.63) is 40.9 Å². The highest BCUT2D eigenvalue weighted by atomic mass is 32.2. The molecule has 36 heavy (non-hydrogen) atoms. The van der Waals surface area contributed by atoms with Gasteiger partial charge in [-0.3, -0.25) is 14.4 Å². The number of benzene rings is 1. The first kappa shape index (κ1) is 26.2. The molecule has 12 heteroatoms. The number of hydrogen-bond acceptors (Lipinski definition) is 8. The van der Waals surface area contributed by atoms with E-state index in [1.165, 1.54) is 6.20 Å². The summed E-state index contributed by atoms with van der Waals surface area (Å²) in [6, 6.07) is 6.58. The largest absolute Gasteiger partial charge is 0.481 e. The van der Waals surface area contributed by atoms with E-state index in [9.17, 15) is 22.8 Å². The van der Waals surface area contributed by atoms with Crippen molar-refractivity contribution < 1.29 is 32.6 Å².